The number of carbonyl (C=O) groups excluding carboxylic acids is 1. The summed E-state index contributed by atoms with van der Waals surface area (Å²) < 4.78 is 11.3. The minimum atomic E-state index is -0.0367. The zero-order valence-corrected chi connectivity index (χ0v) is 17.5. The number of rotatable bonds is 9. The molecule has 7 heteroatoms. The van der Waals surface area contributed by atoms with E-state index in [9.17, 15) is 4.79 Å². The molecule has 0 aliphatic carbocycles. The highest BCUT2D eigenvalue weighted by Crippen LogP contribution is 2.20. The van der Waals surface area contributed by atoms with Crippen molar-refractivity contribution < 1.29 is 14.3 Å². The van der Waals surface area contributed by atoms with Gasteiger partial charge in [0.15, 0.2) is 0 Å². The molecule has 0 radical (unpaired) electrons. The van der Waals surface area contributed by atoms with Crippen molar-refractivity contribution in [1.29, 1.82) is 0 Å². The Morgan fingerprint density at radius 1 is 0.966 bits per heavy atom. The number of ether oxygens (including phenoxy) is 2. The van der Waals surface area contributed by atoms with Gasteiger partial charge in [0, 0.05) is 32.7 Å². The lowest BCUT2D eigenvalue weighted by atomic mass is 10.3. The number of nitrogens with one attached hydrogen (secondary N) is 1. The van der Waals surface area contributed by atoms with E-state index in [1.807, 2.05) is 49.4 Å². The van der Waals surface area contributed by atoms with Crippen LogP contribution in [-0.4, -0.2) is 68.2 Å². The van der Waals surface area contributed by atoms with E-state index >= 15 is 0 Å². The van der Waals surface area contributed by atoms with Crippen molar-refractivity contribution in [2.75, 3.05) is 57.8 Å². The monoisotopic (exact) mass is 417 g/mol. The second-order valence-electron chi connectivity index (χ2n) is 6.90. The standard InChI is InChI=1S/C22H28ClN3O3/c1-2-28-18-7-9-19(10-8-18)29-16-15-25-11-13-26(14-12-25)17-22(27)24-21-6-4-3-5-20(21)23/h3-10H,2,11-17H2,1H3,(H,24,27). The van der Waals surface area contributed by atoms with E-state index in [4.69, 9.17) is 21.1 Å². The number of carbonyl (C=O) groups is 1. The fraction of sp³-hybridized carbons (Fsp3) is 0.409. The molecule has 0 bridgehead atoms. The van der Waals surface area contributed by atoms with Crippen LogP contribution in [0.4, 0.5) is 5.69 Å². The third-order valence-corrected chi connectivity index (χ3v) is 5.12. The lowest BCUT2D eigenvalue weighted by molar-refractivity contribution is -0.117. The van der Waals surface area contributed by atoms with Crippen LogP contribution in [0, 0.1) is 0 Å². The molecule has 1 saturated heterocycles. The summed E-state index contributed by atoms with van der Waals surface area (Å²) >= 11 is 6.09. The van der Waals surface area contributed by atoms with Crippen LogP contribution in [0.15, 0.2) is 48.5 Å². The van der Waals surface area contributed by atoms with Gasteiger partial charge in [-0.3, -0.25) is 14.6 Å². The predicted octanol–water partition coefficient (Wildman–Crippen LogP) is 3.37. The quantitative estimate of drug-likeness (QED) is 0.678. The van der Waals surface area contributed by atoms with E-state index in [1.165, 1.54) is 0 Å². The van der Waals surface area contributed by atoms with E-state index in [-0.39, 0.29) is 5.91 Å². The maximum Gasteiger partial charge on any atom is 0.238 e. The zero-order chi connectivity index (χ0) is 20.5. The van der Waals surface area contributed by atoms with E-state index in [0.717, 1.165) is 44.2 Å². The lowest BCUT2D eigenvalue weighted by Crippen LogP contribution is -2.49. The van der Waals surface area contributed by atoms with Gasteiger partial charge < -0.3 is 14.8 Å². The van der Waals surface area contributed by atoms with E-state index in [2.05, 4.69) is 15.1 Å². The molecule has 6 nitrogen and oxygen atoms in total. The second-order valence-corrected chi connectivity index (χ2v) is 7.31. The highest BCUT2D eigenvalue weighted by molar-refractivity contribution is 6.33. The number of amides is 1. The lowest BCUT2D eigenvalue weighted by Gasteiger charge is -2.34. The molecule has 0 unspecified atom stereocenters. The van der Waals surface area contributed by atoms with Crippen LogP contribution in [0.5, 0.6) is 11.5 Å². The van der Waals surface area contributed by atoms with Crippen molar-refractivity contribution in [1.82, 2.24) is 9.80 Å². The summed E-state index contributed by atoms with van der Waals surface area (Å²) in [4.78, 5) is 16.8. The summed E-state index contributed by atoms with van der Waals surface area (Å²) in [6.45, 7) is 8.08. The Morgan fingerprint density at radius 3 is 2.24 bits per heavy atom. The first-order valence-electron chi connectivity index (χ1n) is 9.99. The Morgan fingerprint density at radius 2 is 1.59 bits per heavy atom. The first kappa shape index (κ1) is 21.4. The van der Waals surface area contributed by atoms with Gasteiger partial charge in [0.1, 0.15) is 18.1 Å². The van der Waals surface area contributed by atoms with E-state index in [0.29, 0.717) is 30.5 Å². The number of benzene rings is 2. The summed E-state index contributed by atoms with van der Waals surface area (Å²) in [6, 6.07) is 15.0. The van der Waals surface area contributed by atoms with Crippen molar-refractivity contribution in [2.24, 2.45) is 0 Å². The van der Waals surface area contributed by atoms with Crippen LogP contribution in [0.25, 0.3) is 0 Å². The largest absolute Gasteiger partial charge is 0.494 e. The molecule has 1 N–H and O–H groups in total. The van der Waals surface area contributed by atoms with Gasteiger partial charge in [0.2, 0.25) is 5.91 Å². The smallest absolute Gasteiger partial charge is 0.238 e. The summed E-state index contributed by atoms with van der Waals surface area (Å²) in [7, 11) is 0. The molecule has 0 atom stereocenters. The van der Waals surface area contributed by atoms with E-state index in [1.54, 1.807) is 6.07 Å². The topological polar surface area (TPSA) is 54.0 Å². The third-order valence-electron chi connectivity index (χ3n) is 4.79. The number of anilines is 1. The van der Waals surface area contributed by atoms with Crippen molar-refractivity contribution in [3.05, 3.63) is 53.6 Å². The number of para-hydroxylation sites is 1. The third kappa shape index (κ3) is 6.92. The molecule has 156 valence electrons. The van der Waals surface area contributed by atoms with Gasteiger partial charge in [-0.25, -0.2) is 0 Å². The molecule has 2 aromatic rings. The van der Waals surface area contributed by atoms with Gasteiger partial charge in [0.25, 0.3) is 0 Å². The van der Waals surface area contributed by atoms with Gasteiger partial charge in [-0.2, -0.15) is 0 Å². The molecular formula is C22H28ClN3O3. The maximum absolute atomic E-state index is 12.3. The average Bonchev–Trinajstić information content (AvgIpc) is 2.72. The molecule has 1 aliphatic rings. The van der Waals surface area contributed by atoms with Crippen LogP contribution in [0.1, 0.15) is 6.92 Å². The molecule has 0 spiro atoms. The summed E-state index contributed by atoms with van der Waals surface area (Å²) in [5, 5.41) is 3.43. The van der Waals surface area contributed by atoms with Gasteiger partial charge >= 0.3 is 0 Å². The molecule has 1 amide bonds. The van der Waals surface area contributed by atoms with Crippen molar-refractivity contribution in [3.8, 4) is 11.5 Å². The van der Waals surface area contributed by atoms with Crippen LogP contribution < -0.4 is 14.8 Å². The summed E-state index contributed by atoms with van der Waals surface area (Å²) in [6.07, 6.45) is 0. The number of halogens is 1. The summed E-state index contributed by atoms with van der Waals surface area (Å²) in [5.74, 6) is 1.67. The highest BCUT2D eigenvalue weighted by atomic mass is 35.5. The number of hydrogen-bond acceptors (Lipinski definition) is 5. The predicted molar refractivity (Wildman–Crippen MR) is 116 cm³/mol. The second kappa shape index (κ2) is 11.0. The Balaban J connectivity index is 1.33. The van der Waals surface area contributed by atoms with Crippen molar-refractivity contribution >= 4 is 23.2 Å². The van der Waals surface area contributed by atoms with Gasteiger partial charge in [-0.1, -0.05) is 23.7 Å². The normalized spacial score (nSPS) is 15.1. The first-order chi connectivity index (χ1) is 14.1. The van der Waals surface area contributed by atoms with Crippen LogP contribution in [-0.2, 0) is 4.79 Å². The van der Waals surface area contributed by atoms with Crippen LogP contribution >= 0.6 is 11.6 Å². The van der Waals surface area contributed by atoms with Gasteiger partial charge in [-0.05, 0) is 43.3 Å². The summed E-state index contributed by atoms with van der Waals surface area (Å²) in [5.41, 5.74) is 0.657. The molecule has 0 saturated carbocycles. The minimum absolute atomic E-state index is 0.0367. The Kier molecular flexibility index (Phi) is 8.16. The maximum atomic E-state index is 12.3. The van der Waals surface area contributed by atoms with Crippen molar-refractivity contribution in [3.63, 3.8) is 0 Å². The minimum Gasteiger partial charge on any atom is -0.494 e. The molecule has 1 fully saturated rings. The fourth-order valence-electron chi connectivity index (χ4n) is 3.22. The molecule has 1 aliphatic heterocycles. The number of nitrogens with zero attached hydrogens (tertiary/aromatic N) is 2. The molecule has 3 rings (SSSR count). The number of hydrogen-bond donors (Lipinski definition) is 1. The molecule has 2 aromatic carbocycles. The fourth-order valence-corrected chi connectivity index (χ4v) is 3.40. The molecular weight excluding hydrogens is 390 g/mol. The van der Waals surface area contributed by atoms with Crippen molar-refractivity contribution in [2.45, 2.75) is 6.92 Å². The van der Waals surface area contributed by atoms with Crippen LogP contribution in [0.3, 0.4) is 0 Å². The first-order valence-corrected chi connectivity index (χ1v) is 10.4. The Hall–Kier alpha value is -2.28. The molecule has 29 heavy (non-hydrogen) atoms. The number of piperazine rings is 1. The Bertz CT molecular complexity index is 777. The molecule has 1 heterocycles. The highest BCUT2D eigenvalue weighted by Gasteiger charge is 2.19. The average molecular weight is 418 g/mol. The Labute approximate surface area is 177 Å². The van der Waals surface area contributed by atoms with Crippen LogP contribution in [0.2, 0.25) is 5.02 Å². The van der Waals surface area contributed by atoms with E-state index < -0.39 is 0 Å². The SMILES string of the molecule is CCOc1ccc(OCCN2CCN(CC(=O)Nc3ccccc3Cl)CC2)cc1. The zero-order valence-electron chi connectivity index (χ0n) is 16.8. The van der Waals surface area contributed by atoms with Gasteiger partial charge in [0.05, 0.1) is 23.9 Å². The van der Waals surface area contributed by atoms with Gasteiger partial charge in [-0.15, -0.1) is 0 Å². The molecule has 0 aromatic heterocycles.